The summed E-state index contributed by atoms with van der Waals surface area (Å²) in [6, 6.07) is 0. The summed E-state index contributed by atoms with van der Waals surface area (Å²) in [5.41, 5.74) is 6.98. The zero-order chi connectivity index (χ0) is 12.1. The molecule has 2 heterocycles. The average molecular weight is 255 g/mol. The summed E-state index contributed by atoms with van der Waals surface area (Å²) < 4.78 is 5.35. The van der Waals surface area contributed by atoms with Gasteiger partial charge < -0.3 is 10.5 Å². The smallest absolute Gasteiger partial charge is 0.107 e. The lowest BCUT2D eigenvalue weighted by Crippen LogP contribution is -2.35. The molecule has 0 atom stereocenters. The molecule has 1 aliphatic rings. The van der Waals surface area contributed by atoms with Crippen molar-refractivity contribution in [2.75, 3.05) is 26.3 Å². The van der Waals surface area contributed by atoms with Gasteiger partial charge >= 0.3 is 0 Å². The van der Waals surface area contributed by atoms with E-state index < -0.39 is 0 Å². The van der Waals surface area contributed by atoms with Crippen LogP contribution in [0.2, 0.25) is 0 Å². The predicted octanol–water partition coefficient (Wildman–Crippen LogP) is 1.39. The number of nitrogens with two attached hydrogens (primary N) is 1. The van der Waals surface area contributed by atoms with Crippen LogP contribution < -0.4 is 5.73 Å². The first-order valence-electron chi connectivity index (χ1n) is 6.31. The van der Waals surface area contributed by atoms with Crippen molar-refractivity contribution in [3.8, 4) is 0 Å². The molecule has 0 aromatic carbocycles. The Morgan fingerprint density at radius 3 is 2.82 bits per heavy atom. The summed E-state index contributed by atoms with van der Waals surface area (Å²) in [7, 11) is 0. The van der Waals surface area contributed by atoms with Gasteiger partial charge in [0, 0.05) is 24.5 Å². The number of aryl methyl sites for hydroxylation is 1. The van der Waals surface area contributed by atoms with E-state index in [1.165, 1.54) is 15.6 Å². The van der Waals surface area contributed by atoms with Crippen molar-refractivity contribution < 1.29 is 4.74 Å². The Morgan fingerprint density at radius 1 is 1.41 bits per heavy atom. The molecule has 0 unspecified atom stereocenters. The Bertz CT molecular complexity index is 348. The molecule has 17 heavy (non-hydrogen) atoms. The SMILES string of the molecule is CCCc1nc(CN2CCOCC2)sc1CN. The minimum Gasteiger partial charge on any atom is -0.379 e. The summed E-state index contributed by atoms with van der Waals surface area (Å²) in [4.78, 5) is 8.38. The zero-order valence-electron chi connectivity index (χ0n) is 10.4. The molecule has 1 saturated heterocycles. The van der Waals surface area contributed by atoms with E-state index >= 15 is 0 Å². The molecule has 0 bridgehead atoms. The van der Waals surface area contributed by atoms with E-state index in [0.29, 0.717) is 6.54 Å². The largest absolute Gasteiger partial charge is 0.379 e. The number of thiazole rings is 1. The topological polar surface area (TPSA) is 51.4 Å². The number of morpholine rings is 1. The third kappa shape index (κ3) is 3.48. The van der Waals surface area contributed by atoms with Crippen LogP contribution in [0.3, 0.4) is 0 Å². The van der Waals surface area contributed by atoms with Gasteiger partial charge in [0.2, 0.25) is 0 Å². The first-order chi connectivity index (χ1) is 8.33. The lowest BCUT2D eigenvalue weighted by Gasteiger charge is -2.25. The van der Waals surface area contributed by atoms with Crippen molar-refractivity contribution in [2.24, 2.45) is 5.73 Å². The van der Waals surface area contributed by atoms with Gasteiger partial charge in [0.15, 0.2) is 0 Å². The molecular formula is C12H21N3OS. The Balaban J connectivity index is 1.99. The van der Waals surface area contributed by atoms with Crippen LogP contribution in [0.5, 0.6) is 0 Å². The molecule has 1 aromatic heterocycles. The van der Waals surface area contributed by atoms with Crippen LogP contribution in [0.1, 0.15) is 28.9 Å². The Kier molecular flexibility index (Phi) is 4.91. The number of rotatable bonds is 5. The highest BCUT2D eigenvalue weighted by Crippen LogP contribution is 2.21. The highest BCUT2D eigenvalue weighted by atomic mass is 32.1. The highest BCUT2D eigenvalue weighted by molar-refractivity contribution is 7.11. The molecule has 2 rings (SSSR count). The van der Waals surface area contributed by atoms with Crippen LogP contribution in [0.15, 0.2) is 0 Å². The van der Waals surface area contributed by atoms with Crippen molar-refractivity contribution in [3.63, 3.8) is 0 Å². The van der Waals surface area contributed by atoms with Crippen molar-refractivity contribution >= 4 is 11.3 Å². The van der Waals surface area contributed by atoms with Crippen LogP contribution in [0, 0.1) is 0 Å². The Labute approximate surface area is 107 Å². The van der Waals surface area contributed by atoms with Gasteiger partial charge in [-0.25, -0.2) is 4.98 Å². The third-order valence-corrected chi connectivity index (χ3v) is 4.06. The van der Waals surface area contributed by atoms with Gasteiger partial charge in [-0.05, 0) is 6.42 Å². The molecule has 1 fully saturated rings. The fourth-order valence-corrected chi connectivity index (χ4v) is 3.08. The fraction of sp³-hybridized carbons (Fsp3) is 0.750. The second-order valence-electron chi connectivity index (χ2n) is 4.32. The van der Waals surface area contributed by atoms with Gasteiger partial charge in [-0.1, -0.05) is 13.3 Å². The van der Waals surface area contributed by atoms with Gasteiger partial charge in [-0.3, -0.25) is 4.90 Å². The van der Waals surface area contributed by atoms with Crippen LogP contribution in [0.4, 0.5) is 0 Å². The molecule has 0 saturated carbocycles. The number of hydrogen-bond acceptors (Lipinski definition) is 5. The lowest BCUT2D eigenvalue weighted by atomic mass is 10.2. The minimum atomic E-state index is 0.621. The highest BCUT2D eigenvalue weighted by Gasteiger charge is 2.15. The number of ether oxygens (including phenoxy) is 1. The molecule has 5 heteroatoms. The first-order valence-corrected chi connectivity index (χ1v) is 7.12. The van der Waals surface area contributed by atoms with E-state index in [1.807, 2.05) is 0 Å². The summed E-state index contributed by atoms with van der Waals surface area (Å²) in [6.07, 6.45) is 2.18. The molecular weight excluding hydrogens is 234 g/mol. The monoisotopic (exact) mass is 255 g/mol. The minimum absolute atomic E-state index is 0.621. The normalized spacial score (nSPS) is 17.5. The molecule has 0 aliphatic carbocycles. The summed E-state index contributed by atoms with van der Waals surface area (Å²) >= 11 is 1.77. The number of hydrogen-bond donors (Lipinski definition) is 1. The van der Waals surface area contributed by atoms with Crippen LogP contribution in [-0.4, -0.2) is 36.2 Å². The molecule has 0 amide bonds. The van der Waals surface area contributed by atoms with Crippen molar-refractivity contribution in [2.45, 2.75) is 32.9 Å². The van der Waals surface area contributed by atoms with Gasteiger partial charge in [-0.2, -0.15) is 0 Å². The molecule has 2 N–H and O–H groups in total. The van der Waals surface area contributed by atoms with Crippen molar-refractivity contribution in [1.82, 2.24) is 9.88 Å². The molecule has 1 aromatic rings. The maximum Gasteiger partial charge on any atom is 0.107 e. The van der Waals surface area contributed by atoms with E-state index in [-0.39, 0.29) is 0 Å². The van der Waals surface area contributed by atoms with Gasteiger partial charge in [0.05, 0.1) is 25.5 Å². The van der Waals surface area contributed by atoms with Gasteiger partial charge in [0.1, 0.15) is 5.01 Å². The number of aromatic nitrogens is 1. The molecule has 96 valence electrons. The standard InChI is InChI=1S/C12H21N3OS/c1-2-3-10-11(8-13)17-12(14-10)9-15-4-6-16-7-5-15/h2-9,13H2,1H3. The lowest BCUT2D eigenvalue weighted by molar-refractivity contribution is 0.0341. The summed E-state index contributed by atoms with van der Waals surface area (Å²) in [5, 5.41) is 1.20. The van der Waals surface area contributed by atoms with E-state index in [1.54, 1.807) is 11.3 Å². The fourth-order valence-electron chi connectivity index (χ4n) is 2.05. The molecule has 4 nitrogen and oxygen atoms in total. The molecule has 1 aliphatic heterocycles. The van der Waals surface area contributed by atoms with Crippen LogP contribution in [0.25, 0.3) is 0 Å². The third-order valence-electron chi connectivity index (χ3n) is 2.96. The average Bonchev–Trinajstić information content (AvgIpc) is 2.73. The zero-order valence-corrected chi connectivity index (χ0v) is 11.3. The number of nitrogens with zero attached hydrogens (tertiary/aromatic N) is 2. The predicted molar refractivity (Wildman–Crippen MR) is 70.1 cm³/mol. The summed E-state index contributed by atoms with van der Waals surface area (Å²) in [5.74, 6) is 0. The Hall–Kier alpha value is -0.490. The Morgan fingerprint density at radius 2 is 2.18 bits per heavy atom. The quantitative estimate of drug-likeness (QED) is 0.864. The van der Waals surface area contributed by atoms with E-state index in [4.69, 9.17) is 15.5 Å². The molecule has 0 radical (unpaired) electrons. The first kappa shape index (κ1) is 13.0. The van der Waals surface area contributed by atoms with Crippen LogP contribution >= 0.6 is 11.3 Å². The maximum absolute atomic E-state index is 5.76. The summed E-state index contributed by atoms with van der Waals surface area (Å²) in [6.45, 7) is 7.47. The van der Waals surface area contributed by atoms with Gasteiger partial charge in [0.25, 0.3) is 0 Å². The maximum atomic E-state index is 5.76. The van der Waals surface area contributed by atoms with Crippen LogP contribution in [-0.2, 0) is 24.2 Å². The van der Waals surface area contributed by atoms with E-state index in [0.717, 1.165) is 45.7 Å². The van der Waals surface area contributed by atoms with Crippen molar-refractivity contribution in [1.29, 1.82) is 0 Å². The van der Waals surface area contributed by atoms with E-state index in [9.17, 15) is 0 Å². The second-order valence-corrected chi connectivity index (χ2v) is 5.49. The van der Waals surface area contributed by atoms with E-state index in [2.05, 4.69) is 11.8 Å². The second kappa shape index (κ2) is 6.44. The molecule has 0 spiro atoms. The van der Waals surface area contributed by atoms with Crippen molar-refractivity contribution in [3.05, 3.63) is 15.6 Å². The van der Waals surface area contributed by atoms with Gasteiger partial charge in [-0.15, -0.1) is 11.3 Å².